The molecule has 0 saturated heterocycles. The Bertz CT molecular complexity index is 586. The normalized spacial score (nSPS) is 10.4. The number of rotatable bonds is 2. The number of aromatic hydroxyl groups is 1. The zero-order valence-electron chi connectivity index (χ0n) is 11.2. The van der Waals surface area contributed by atoms with Crippen molar-refractivity contribution in [1.82, 2.24) is 0 Å². The summed E-state index contributed by atoms with van der Waals surface area (Å²) in [6.07, 6.45) is 0. The van der Waals surface area contributed by atoms with E-state index in [1.165, 1.54) is 11.1 Å². The van der Waals surface area contributed by atoms with Gasteiger partial charge in [-0.2, -0.15) is 0 Å². The first-order valence-electron chi connectivity index (χ1n) is 5.98. The molecule has 18 heavy (non-hydrogen) atoms. The lowest BCUT2D eigenvalue weighted by Gasteiger charge is -2.13. The molecule has 2 rings (SSSR count). The van der Waals surface area contributed by atoms with Crippen LogP contribution in [-0.4, -0.2) is 12.2 Å². The molecule has 2 aromatic rings. The van der Waals surface area contributed by atoms with Gasteiger partial charge in [-0.25, -0.2) is 0 Å². The van der Waals surface area contributed by atoms with Gasteiger partial charge in [0.2, 0.25) is 0 Å². The van der Waals surface area contributed by atoms with Gasteiger partial charge in [-0.3, -0.25) is 0 Å². The molecule has 1 N–H and O–H groups in total. The fourth-order valence-electron chi connectivity index (χ4n) is 2.16. The van der Waals surface area contributed by atoms with Crippen molar-refractivity contribution in [3.05, 3.63) is 47.0 Å². The molecular formula is C16H18O2. The van der Waals surface area contributed by atoms with Crippen LogP contribution in [-0.2, 0) is 0 Å². The predicted molar refractivity (Wildman–Crippen MR) is 74.3 cm³/mol. The third kappa shape index (κ3) is 2.06. The highest BCUT2D eigenvalue weighted by Crippen LogP contribution is 2.38. The van der Waals surface area contributed by atoms with Crippen LogP contribution in [0.1, 0.15) is 16.7 Å². The molecule has 0 unspecified atom stereocenters. The van der Waals surface area contributed by atoms with Crippen LogP contribution in [0.2, 0.25) is 0 Å². The molecule has 0 atom stereocenters. The van der Waals surface area contributed by atoms with Crippen LogP contribution >= 0.6 is 0 Å². The number of ether oxygens (including phenoxy) is 1. The molecule has 2 heteroatoms. The highest BCUT2D eigenvalue weighted by Gasteiger charge is 2.12. The quantitative estimate of drug-likeness (QED) is 0.862. The Hall–Kier alpha value is -1.96. The summed E-state index contributed by atoms with van der Waals surface area (Å²) in [6, 6.07) is 9.81. The molecule has 0 aliphatic rings. The lowest BCUT2D eigenvalue weighted by Crippen LogP contribution is -1.91. The molecule has 94 valence electrons. The molecule has 0 spiro atoms. The second-order valence-corrected chi connectivity index (χ2v) is 4.61. The summed E-state index contributed by atoms with van der Waals surface area (Å²) in [5.41, 5.74) is 5.50. The SMILES string of the molecule is COc1cccc(-c2cc(C)c(C)cc2C)c1O. The van der Waals surface area contributed by atoms with Crippen molar-refractivity contribution >= 4 is 0 Å². The van der Waals surface area contributed by atoms with E-state index in [1.807, 2.05) is 12.1 Å². The monoisotopic (exact) mass is 242 g/mol. The van der Waals surface area contributed by atoms with Crippen molar-refractivity contribution in [3.8, 4) is 22.6 Å². The smallest absolute Gasteiger partial charge is 0.165 e. The average Bonchev–Trinajstić information content (AvgIpc) is 2.34. The van der Waals surface area contributed by atoms with E-state index in [1.54, 1.807) is 13.2 Å². The summed E-state index contributed by atoms with van der Waals surface area (Å²) in [5, 5.41) is 10.2. The highest BCUT2D eigenvalue weighted by atomic mass is 16.5. The predicted octanol–water partition coefficient (Wildman–Crippen LogP) is 3.99. The molecule has 0 heterocycles. The van der Waals surface area contributed by atoms with E-state index < -0.39 is 0 Å². The Morgan fingerprint density at radius 2 is 1.56 bits per heavy atom. The van der Waals surface area contributed by atoms with Gasteiger partial charge >= 0.3 is 0 Å². The van der Waals surface area contributed by atoms with Gasteiger partial charge < -0.3 is 9.84 Å². The Morgan fingerprint density at radius 1 is 0.889 bits per heavy atom. The van der Waals surface area contributed by atoms with Gasteiger partial charge in [0.25, 0.3) is 0 Å². The van der Waals surface area contributed by atoms with Crippen LogP contribution in [0.5, 0.6) is 11.5 Å². The first-order valence-corrected chi connectivity index (χ1v) is 5.98. The molecule has 0 bridgehead atoms. The summed E-state index contributed by atoms with van der Waals surface area (Å²) in [4.78, 5) is 0. The van der Waals surface area contributed by atoms with Gasteiger partial charge in [-0.05, 0) is 49.1 Å². The number of methoxy groups -OCH3 is 1. The van der Waals surface area contributed by atoms with E-state index in [-0.39, 0.29) is 5.75 Å². The van der Waals surface area contributed by atoms with Gasteiger partial charge in [-0.15, -0.1) is 0 Å². The first-order chi connectivity index (χ1) is 8.54. The van der Waals surface area contributed by atoms with Gasteiger partial charge in [0, 0.05) is 5.56 Å². The van der Waals surface area contributed by atoms with Crippen molar-refractivity contribution in [3.63, 3.8) is 0 Å². The topological polar surface area (TPSA) is 29.5 Å². The highest BCUT2D eigenvalue weighted by molar-refractivity contribution is 5.76. The van der Waals surface area contributed by atoms with Gasteiger partial charge in [0.1, 0.15) is 0 Å². The largest absolute Gasteiger partial charge is 0.504 e. The molecule has 2 nitrogen and oxygen atoms in total. The molecule has 0 fully saturated rings. The third-order valence-corrected chi connectivity index (χ3v) is 3.35. The third-order valence-electron chi connectivity index (χ3n) is 3.35. The molecule has 0 amide bonds. The number of para-hydroxylation sites is 1. The molecule has 0 saturated carbocycles. The zero-order chi connectivity index (χ0) is 13.3. The minimum Gasteiger partial charge on any atom is -0.504 e. The number of phenols is 1. The first kappa shape index (κ1) is 12.5. The van der Waals surface area contributed by atoms with E-state index in [0.717, 1.165) is 16.7 Å². The number of hydrogen-bond donors (Lipinski definition) is 1. The Kier molecular flexibility index (Phi) is 3.28. The number of aryl methyl sites for hydroxylation is 3. The zero-order valence-corrected chi connectivity index (χ0v) is 11.2. The average molecular weight is 242 g/mol. The lowest BCUT2D eigenvalue weighted by molar-refractivity contribution is 0.374. The van der Waals surface area contributed by atoms with Gasteiger partial charge in [0.15, 0.2) is 11.5 Å². The summed E-state index contributed by atoms with van der Waals surface area (Å²) in [6.45, 7) is 6.23. The fourth-order valence-corrected chi connectivity index (χ4v) is 2.16. The van der Waals surface area contributed by atoms with Crippen LogP contribution in [0.3, 0.4) is 0 Å². The van der Waals surface area contributed by atoms with Crippen LogP contribution in [0, 0.1) is 20.8 Å². The molecule has 0 radical (unpaired) electrons. The van der Waals surface area contributed by atoms with Crippen molar-refractivity contribution in [2.45, 2.75) is 20.8 Å². The maximum absolute atomic E-state index is 10.2. The Morgan fingerprint density at radius 3 is 2.22 bits per heavy atom. The van der Waals surface area contributed by atoms with E-state index in [0.29, 0.717) is 5.75 Å². The Balaban J connectivity index is 2.66. The number of phenolic OH excluding ortho intramolecular Hbond substituents is 1. The number of hydrogen-bond acceptors (Lipinski definition) is 2. The summed E-state index contributed by atoms with van der Waals surface area (Å²) >= 11 is 0. The molecule has 0 aliphatic carbocycles. The fraction of sp³-hybridized carbons (Fsp3) is 0.250. The van der Waals surface area contributed by atoms with E-state index in [4.69, 9.17) is 4.74 Å². The standard InChI is InChI=1S/C16H18O2/c1-10-8-12(3)14(9-11(10)2)13-6-5-7-15(18-4)16(13)17/h5-9,17H,1-4H3. The lowest BCUT2D eigenvalue weighted by atomic mass is 9.95. The maximum Gasteiger partial charge on any atom is 0.165 e. The van der Waals surface area contributed by atoms with Crippen molar-refractivity contribution in [1.29, 1.82) is 0 Å². The van der Waals surface area contributed by atoms with Gasteiger partial charge in [0.05, 0.1) is 7.11 Å². The van der Waals surface area contributed by atoms with E-state index >= 15 is 0 Å². The minimum atomic E-state index is 0.200. The molecular weight excluding hydrogens is 224 g/mol. The minimum absolute atomic E-state index is 0.200. The molecule has 0 aromatic heterocycles. The summed E-state index contributed by atoms with van der Waals surface area (Å²) in [7, 11) is 1.56. The van der Waals surface area contributed by atoms with Crippen molar-refractivity contribution in [2.75, 3.05) is 7.11 Å². The molecule has 2 aromatic carbocycles. The molecule has 0 aliphatic heterocycles. The van der Waals surface area contributed by atoms with Crippen LogP contribution < -0.4 is 4.74 Å². The summed E-state index contributed by atoms with van der Waals surface area (Å²) in [5.74, 6) is 0.705. The van der Waals surface area contributed by atoms with Crippen molar-refractivity contribution < 1.29 is 9.84 Å². The van der Waals surface area contributed by atoms with E-state index in [2.05, 4.69) is 32.9 Å². The van der Waals surface area contributed by atoms with Crippen LogP contribution in [0.4, 0.5) is 0 Å². The number of benzene rings is 2. The second kappa shape index (κ2) is 4.73. The second-order valence-electron chi connectivity index (χ2n) is 4.61. The summed E-state index contributed by atoms with van der Waals surface area (Å²) < 4.78 is 5.15. The van der Waals surface area contributed by atoms with Gasteiger partial charge in [-0.1, -0.05) is 24.3 Å². The van der Waals surface area contributed by atoms with E-state index in [9.17, 15) is 5.11 Å². The van der Waals surface area contributed by atoms with Crippen LogP contribution in [0.15, 0.2) is 30.3 Å². The Labute approximate surface area is 108 Å². The van der Waals surface area contributed by atoms with Crippen LogP contribution in [0.25, 0.3) is 11.1 Å². The maximum atomic E-state index is 10.2. The van der Waals surface area contributed by atoms with Crippen molar-refractivity contribution in [2.24, 2.45) is 0 Å².